The van der Waals surface area contributed by atoms with Gasteiger partial charge in [-0.15, -0.1) is 0 Å². The SMILES string of the molecule is CC[NH+](CC(=O)NC(=O)NC1CCCC1)CC(=O)Nc1cc(Cl)ccc1C. The average molecular weight is 396 g/mol. The monoisotopic (exact) mass is 395 g/mol. The smallest absolute Gasteiger partial charge is 0.321 e. The third-order valence-electron chi connectivity index (χ3n) is 4.74. The molecule has 1 fully saturated rings. The fourth-order valence-corrected chi connectivity index (χ4v) is 3.32. The summed E-state index contributed by atoms with van der Waals surface area (Å²) in [6.45, 7) is 4.53. The Morgan fingerprint density at radius 1 is 1.15 bits per heavy atom. The summed E-state index contributed by atoms with van der Waals surface area (Å²) in [5, 5.41) is 8.53. The summed E-state index contributed by atoms with van der Waals surface area (Å²) in [4.78, 5) is 37.0. The van der Waals surface area contributed by atoms with Gasteiger partial charge in [0.25, 0.3) is 11.8 Å². The maximum Gasteiger partial charge on any atom is 0.321 e. The molecule has 1 atom stereocenters. The molecule has 148 valence electrons. The number of nitrogens with one attached hydrogen (secondary N) is 4. The van der Waals surface area contributed by atoms with Gasteiger partial charge in [0.2, 0.25) is 0 Å². The number of imide groups is 1. The van der Waals surface area contributed by atoms with Gasteiger partial charge in [0.15, 0.2) is 13.1 Å². The summed E-state index contributed by atoms with van der Waals surface area (Å²) in [7, 11) is 0. The van der Waals surface area contributed by atoms with Crippen LogP contribution in [0.2, 0.25) is 5.02 Å². The number of urea groups is 1. The highest BCUT2D eigenvalue weighted by atomic mass is 35.5. The molecular weight excluding hydrogens is 368 g/mol. The van der Waals surface area contributed by atoms with E-state index in [0.29, 0.717) is 17.3 Å². The molecule has 1 saturated carbocycles. The van der Waals surface area contributed by atoms with Gasteiger partial charge in [-0.1, -0.05) is 30.5 Å². The Bertz CT molecular complexity index is 690. The van der Waals surface area contributed by atoms with Crippen molar-refractivity contribution < 1.29 is 19.3 Å². The van der Waals surface area contributed by atoms with Gasteiger partial charge in [0, 0.05) is 16.8 Å². The molecule has 8 heteroatoms. The van der Waals surface area contributed by atoms with E-state index in [1.807, 2.05) is 19.9 Å². The van der Waals surface area contributed by atoms with Gasteiger partial charge in [-0.2, -0.15) is 0 Å². The number of rotatable bonds is 7. The molecule has 0 aromatic heterocycles. The van der Waals surface area contributed by atoms with Crippen LogP contribution < -0.4 is 20.9 Å². The van der Waals surface area contributed by atoms with Crippen LogP contribution in [-0.2, 0) is 9.59 Å². The van der Waals surface area contributed by atoms with E-state index in [9.17, 15) is 14.4 Å². The highest BCUT2D eigenvalue weighted by Gasteiger charge is 2.21. The van der Waals surface area contributed by atoms with Crippen molar-refractivity contribution in [2.75, 3.05) is 25.0 Å². The van der Waals surface area contributed by atoms with Crippen molar-refractivity contribution in [3.8, 4) is 0 Å². The van der Waals surface area contributed by atoms with Gasteiger partial charge in [0.05, 0.1) is 6.54 Å². The van der Waals surface area contributed by atoms with E-state index in [0.717, 1.165) is 36.1 Å². The van der Waals surface area contributed by atoms with Crippen LogP contribution in [0.15, 0.2) is 18.2 Å². The van der Waals surface area contributed by atoms with E-state index in [4.69, 9.17) is 11.6 Å². The molecule has 0 saturated heterocycles. The van der Waals surface area contributed by atoms with Crippen molar-refractivity contribution in [3.05, 3.63) is 28.8 Å². The van der Waals surface area contributed by atoms with E-state index in [1.165, 1.54) is 0 Å². The Hall–Kier alpha value is -2.12. The molecule has 27 heavy (non-hydrogen) atoms. The standard InChI is InChI=1S/C19H27ClN4O3/c1-3-24(11-17(25)22-16-10-14(20)9-8-13(16)2)12-18(26)23-19(27)21-15-6-4-5-7-15/h8-10,15H,3-7,11-12H2,1-2H3,(H,22,25)(H2,21,23,26,27)/p+1. The normalized spacial score (nSPS) is 15.2. The zero-order chi connectivity index (χ0) is 19.8. The summed E-state index contributed by atoms with van der Waals surface area (Å²) in [5.41, 5.74) is 1.57. The van der Waals surface area contributed by atoms with Crippen molar-refractivity contribution in [1.29, 1.82) is 0 Å². The van der Waals surface area contributed by atoms with Crippen LogP contribution in [0.5, 0.6) is 0 Å². The van der Waals surface area contributed by atoms with Crippen LogP contribution in [0.25, 0.3) is 0 Å². The van der Waals surface area contributed by atoms with Crippen molar-refractivity contribution in [3.63, 3.8) is 0 Å². The van der Waals surface area contributed by atoms with E-state index >= 15 is 0 Å². The number of amides is 4. The van der Waals surface area contributed by atoms with Crippen LogP contribution >= 0.6 is 11.6 Å². The number of anilines is 1. The van der Waals surface area contributed by atoms with Gasteiger partial charge >= 0.3 is 6.03 Å². The first kappa shape index (κ1) is 21.2. The summed E-state index contributed by atoms with van der Waals surface area (Å²) in [6.07, 6.45) is 4.12. The first-order chi connectivity index (χ1) is 12.9. The number of benzene rings is 1. The molecule has 7 nitrogen and oxygen atoms in total. The topological polar surface area (TPSA) is 91.7 Å². The van der Waals surface area contributed by atoms with E-state index < -0.39 is 11.9 Å². The molecule has 1 aromatic carbocycles. The molecule has 1 aromatic rings. The van der Waals surface area contributed by atoms with Crippen LogP contribution in [-0.4, -0.2) is 43.5 Å². The molecule has 4 amide bonds. The Morgan fingerprint density at radius 3 is 2.48 bits per heavy atom. The minimum atomic E-state index is -0.457. The van der Waals surface area contributed by atoms with Crippen LogP contribution in [0.4, 0.5) is 10.5 Å². The van der Waals surface area contributed by atoms with Gasteiger partial charge in [0.1, 0.15) is 0 Å². The predicted molar refractivity (Wildman–Crippen MR) is 105 cm³/mol. The fourth-order valence-electron chi connectivity index (χ4n) is 3.15. The lowest BCUT2D eigenvalue weighted by atomic mass is 10.2. The van der Waals surface area contributed by atoms with Crippen molar-refractivity contribution in [2.45, 2.75) is 45.6 Å². The number of aryl methyl sites for hydroxylation is 1. The molecule has 0 bridgehead atoms. The third-order valence-corrected chi connectivity index (χ3v) is 4.97. The van der Waals surface area contributed by atoms with Gasteiger partial charge in [-0.05, 0) is 44.4 Å². The number of carbonyl (C=O) groups is 3. The van der Waals surface area contributed by atoms with Crippen molar-refractivity contribution in [1.82, 2.24) is 10.6 Å². The Morgan fingerprint density at radius 2 is 1.81 bits per heavy atom. The number of halogens is 1. The minimum Gasteiger partial charge on any atom is -0.335 e. The summed E-state index contributed by atoms with van der Waals surface area (Å²) >= 11 is 5.96. The van der Waals surface area contributed by atoms with Crippen LogP contribution in [0, 0.1) is 6.92 Å². The summed E-state index contributed by atoms with van der Waals surface area (Å²) in [5.74, 6) is -0.602. The summed E-state index contributed by atoms with van der Waals surface area (Å²) in [6, 6.07) is 4.98. The molecule has 1 unspecified atom stereocenters. The molecule has 0 heterocycles. The van der Waals surface area contributed by atoms with Crippen molar-refractivity contribution >= 4 is 35.1 Å². The second kappa shape index (κ2) is 10.3. The van der Waals surface area contributed by atoms with Crippen LogP contribution in [0.1, 0.15) is 38.2 Å². The number of carbonyl (C=O) groups excluding carboxylic acids is 3. The lowest BCUT2D eigenvalue weighted by Crippen LogP contribution is -3.14. The maximum atomic E-state index is 12.3. The molecule has 1 aliphatic carbocycles. The number of hydrogen-bond acceptors (Lipinski definition) is 3. The molecule has 4 N–H and O–H groups in total. The molecular formula is C19H28ClN4O3+. The van der Waals surface area contributed by atoms with E-state index in [-0.39, 0.29) is 25.0 Å². The number of quaternary nitrogens is 1. The zero-order valence-electron chi connectivity index (χ0n) is 15.9. The fraction of sp³-hybridized carbons (Fsp3) is 0.526. The molecule has 0 radical (unpaired) electrons. The summed E-state index contributed by atoms with van der Waals surface area (Å²) < 4.78 is 0. The zero-order valence-corrected chi connectivity index (χ0v) is 16.6. The first-order valence-electron chi connectivity index (χ1n) is 9.37. The quantitative estimate of drug-likeness (QED) is 0.560. The first-order valence-corrected chi connectivity index (χ1v) is 9.75. The Balaban J connectivity index is 1.79. The molecule has 0 spiro atoms. The maximum absolute atomic E-state index is 12.3. The van der Waals surface area contributed by atoms with Crippen molar-refractivity contribution in [2.24, 2.45) is 0 Å². The molecule has 1 aliphatic rings. The predicted octanol–water partition coefficient (Wildman–Crippen LogP) is 1.26. The lowest BCUT2D eigenvalue weighted by Gasteiger charge is -2.18. The van der Waals surface area contributed by atoms with E-state index in [2.05, 4.69) is 16.0 Å². The largest absolute Gasteiger partial charge is 0.335 e. The van der Waals surface area contributed by atoms with Crippen LogP contribution in [0.3, 0.4) is 0 Å². The van der Waals surface area contributed by atoms with Gasteiger partial charge < -0.3 is 15.5 Å². The minimum absolute atomic E-state index is 0.0521. The highest BCUT2D eigenvalue weighted by molar-refractivity contribution is 6.31. The molecule has 2 rings (SSSR count). The number of hydrogen-bond donors (Lipinski definition) is 4. The Kier molecular flexibility index (Phi) is 8.06. The third kappa shape index (κ3) is 7.19. The second-order valence-electron chi connectivity index (χ2n) is 6.97. The van der Waals surface area contributed by atoms with E-state index in [1.54, 1.807) is 12.1 Å². The average Bonchev–Trinajstić information content (AvgIpc) is 3.10. The second-order valence-corrected chi connectivity index (χ2v) is 7.40. The highest BCUT2D eigenvalue weighted by Crippen LogP contribution is 2.19. The van der Waals surface area contributed by atoms with Gasteiger partial charge in [-0.3, -0.25) is 14.9 Å². The lowest BCUT2D eigenvalue weighted by molar-refractivity contribution is -0.881. The van der Waals surface area contributed by atoms with Gasteiger partial charge in [-0.25, -0.2) is 4.79 Å². The Labute approximate surface area is 164 Å². The number of likely N-dealkylation sites (N-methyl/N-ethyl adjacent to an activating group) is 1. The molecule has 0 aliphatic heterocycles.